The number of nitrogens with one attached hydrogen (secondary N) is 2. The summed E-state index contributed by atoms with van der Waals surface area (Å²) >= 11 is 0. The van der Waals surface area contributed by atoms with Gasteiger partial charge in [0.1, 0.15) is 5.82 Å². The molecule has 2 aromatic heterocycles. The van der Waals surface area contributed by atoms with E-state index in [4.69, 9.17) is 0 Å². The molecule has 0 aromatic carbocycles. The molecule has 0 fully saturated rings. The number of imidazole rings is 1. The number of aromatic nitrogens is 4. The summed E-state index contributed by atoms with van der Waals surface area (Å²) in [6.07, 6.45) is 7.28. The Hall–Kier alpha value is -2.11. The van der Waals surface area contributed by atoms with Crippen LogP contribution in [0.5, 0.6) is 0 Å². The van der Waals surface area contributed by atoms with E-state index in [1.165, 1.54) is 0 Å². The zero-order chi connectivity index (χ0) is 12.8. The van der Waals surface area contributed by atoms with E-state index in [1.54, 1.807) is 12.4 Å². The van der Waals surface area contributed by atoms with Crippen LogP contribution in [0, 0.1) is 0 Å². The smallest absolute Gasteiger partial charge is 0.224 e. The van der Waals surface area contributed by atoms with Gasteiger partial charge in [0.05, 0.1) is 6.33 Å². The Morgan fingerprint density at radius 3 is 3.00 bits per heavy atom. The standard InChI is InChI=1S/C12H18N6/c1-3-14-12-15-5-4-11(17-12)16-10(2)8-18-7-6-13-9-18/h4-7,9-10H,3,8H2,1-2H3,(H2,14,15,16,17). The molecule has 0 aliphatic rings. The summed E-state index contributed by atoms with van der Waals surface area (Å²) < 4.78 is 2.03. The van der Waals surface area contributed by atoms with Gasteiger partial charge in [0.15, 0.2) is 0 Å². The average Bonchev–Trinajstić information content (AvgIpc) is 2.82. The normalized spacial score (nSPS) is 12.1. The summed E-state index contributed by atoms with van der Waals surface area (Å²) in [5.41, 5.74) is 0. The second-order valence-electron chi connectivity index (χ2n) is 4.10. The van der Waals surface area contributed by atoms with E-state index in [0.717, 1.165) is 18.9 Å². The minimum Gasteiger partial charge on any atom is -0.366 e. The van der Waals surface area contributed by atoms with E-state index in [-0.39, 0.29) is 6.04 Å². The molecule has 0 spiro atoms. The zero-order valence-electron chi connectivity index (χ0n) is 10.7. The van der Waals surface area contributed by atoms with Gasteiger partial charge >= 0.3 is 0 Å². The van der Waals surface area contributed by atoms with Crippen molar-refractivity contribution in [1.82, 2.24) is 19.5 Å². The molecule has 2 heterocycles. The number of anilines is 2. The topological polar surface area (TPSA) is 67.7 Å². The Balaban J connectivity index is 1.93. The lowest BCUT2D eigenvalue weighted by Crippen LogP contribution is -2.22. The van der Waals surface area contributed by atoms with Gasteiger partial charge in [0.2, 0.25) is 5.95 Å². The molecule has 18 heavy (non-hydrogen) atoms. The predicted octanol–water partition coefficient (Wildman–Crippen LogP) is 1.61. The first-order valence-corrected chi connectivity index (χ1v) is 6.07. The summed E-state index contributed by atoms with van der Waals surface area (Å²) in [4.78, 5) is 12.5. The second-order valence-corrected chi connectivity index (χ2v) is 4.10. The highest BCUT2D eigenvalue weighted by molar-refractivity contribution is 5.40. The molecular formula is C12H18N6. The molecule has 6 nitrogen and oxygen atoms in total. The number of hydrogen-bond donors (Lipinski definition) is 2. The van der Waals surface area contributed by atoms with Crippen LogP contribution in [-0.4, -0.2) is 32.1 Å². The van der Waals surface area contributed by atoms with Crippen molar-refractivity contribution < 1.29 is 0 Å². The van der Waals surface area contributed by atoms with Crippen LogP contribution < -0.4 is 10.6 Å². The van der Waals surface area contributed by atoms with Crippen molar-refractivity contribution in [3.05, 3.63) is 31.0 Å². The predicted molar refractivity (Wildman–Crippen MR) is 71.5 cm³/mol. The number of hydrogen-bond acceptors (Lipinski definition) is 5. The minimum absolute atomic E-state index is 0.267. The Morgan fingerprint density at radius 2 is 2.28 bits per heavy atom. The van der Waals surface area contributed by atoms with E-state index in [2.05, 4.69) is 32.5 Å². The molecule has 0 bridgehead atoms. The van der Waals surface area contributed by atoms with Crippen molar-refractivity contribution in [2.45, 2.75) is 26.4 Å². The lowest BCUT2D eigenvalue weighted by molar-refractivity contribution is 0.617. The zero-order valence-corrected chi connectivity index (χ0v) is 10.7. The molecule has 2 rings (SSSR count). The van der Waals surface area contributed by atoms with Gasteiger partial charge in [0, 0.05) is 37.7 Å². The fraction of sp³-hybridized carbons (Fsp3) is 0.417. The van der Waals surface area contributed by atoms with E-state index in [1.807, 2.05) is 30.1 Å². The maximum Gasteiger partial charge on any atom is 0.224 e. The molecule has 0 saturated heterocycles. The first-order valence-electron chi connectivity index (χ1n) is 6.07. The van der Waals surface area contributed by atoms with Crippen LogP contribution in [0.1, 0.15) is 13.8 Å². The van der Waals surface area contributed by atoms with Crippen molar-refractivity contribution in [3.8, 4) is 0 Å². The maximum atomic E-state index is 4.37. The van der Waals surface area contributed by atoms with E-state index < -0.39 is 0 Å². The summed E-state index contributed by atoms with van der Waals surface area (Å²) in [6, 6.07) is 2.13. The molecule has 2 N–H and O–H groups in total. The van der Waals surface area contributed by atoms with Crippen LogP contribution in [0.2, 0.25) is 0 Å². The average molecular weight is 246 g/mol. The van der Waals surface area contributed by atoms with Crippen LogP contribution in [0.15, 0.2) is 31.0 Å². The van der Waals surface area contributed by atoms with E-state index in [0.29, 0.717) is 5.95 Å². The van der Waals surface area contributed by atoms with Crippen LogP contribution in [0.25, 0.3) is 0 Å². The van der Waals surface area contributed by atoms with Crippen LogP contribution >= 0.6 is 0 Å². The molecule has 1 unspecified atom stereocenters. The van der Waals surface area contributed by atoms with E-state index in [9.17, 15) is 0 Å². The number of rotatable bonds is 6. The third-order valence-corrected chi connectivity index (χ3v) is 2.43. The summed E-state index contributed by atoms with van der Waals surface area (Å²) in [7, 11) is 0. The minimum atomic E-state index is 0.267. The van der Waals surface area contributed by atoms with Crippen molar-refractivity contribution in [3.63, 3.8) is 0 Å². The summed E-state index contributed by atoms with van der Waals surface area (Å²) in [5.74, 6) is 1.48. The molecule has 1 atom stereocenters. The second kappa shape index (κ2) is 6.00. The molecule has 96 valence electrons. The molecule has 0 radical (unpaired) electrons. The highest BCUT2D eigenvalue weighted by Crippen LogP contribution is 2.07. The Labute approximate surface area is 106 Å². The van der Waals surface area contributed by atoms with Gasteiger partial charge in [0.25, 0.3) is 0 Å². The van der Waals surface area contributed by atoms with Gasteiger partial charge in [-0.1, -0.05) is 0 Å². The molecule has 2 aromatic rings. The van der Waals surface area contributed by atoms with Crippen molar-refractivity contribution in [2.24, 2.45) is 0 Å². The monoisotopic (exact) mass is 246 g/mol. The van der Waals surface area contributed by atoms with Crippen molar-refractivity contribution in [1.29, 1.82) is 0 Å². The van der Waals surface area contributed by atoms with Gasteiger partial charge in [-0.05, 0) is 19.9 Å². The Kier molecular flexibility index (Phi) is 4.11. The van der Waals surface area contributed by atoms with Crippen LogP contribution in [0.3, 0.4) is 0 Å². The molecule has 0 aliphatic heterocycles. The highest BCUT2D eigenvalue weighted by Gasteiger charge is 2.04. The SMILES string of the molecule is CCNc1nccc(NC(C)Cn2ccnc2)n1. The Morgan fingerprint density at radius 1 is 1.39 bits per heavy atom. The lowest BCUT2D eigenvalue weighted by atomic mass is 10.3. The fourth-order valence-electron chi connectivity index (χ4n) is 1.69. The lowest BCUT2D eigenvalue weighted by Gasteiger charge is -2.15. The fourth-order valence-corrected chi connectivity index (χ4v) is 1.69. The summed E-state index contributed by atoms with van der Waals surface area (Å²) in [5, 5.41) is 6.43. The molecular weight excluding hydrogens is 228 g/mol. The van der Waals surface area contributed by atoms with E-state index >= 15 is 0 Å². The van der Waals surface area contributed by atoms with Gasteiger partial charge in [-0.2, -0.15) is 4.98 Å². The molecule has 0 aliphatic carbocycles. The quantitative estimate of drug-likeness (QED) is 0.810. The van der Waals surface area contributed by atoms with Crippen molar-refractivity contribution in [2.75, 3.05) is 17.2 Å². The first-order chi connectivity index (χ1) is 8.78. The van der Waals surface area contributed by atoms with Gasteiger partial charge in [-0.25, -0.2) is 9.97 Å². The summed E-state index contributed by atoms with van der Waals surface area (Å²) in [6.45, 7) is 5.79. The third kappa shape index (κ3) is 3.44. The number of nitrogens with zero attached hydrogens (tertiary/aromatic N) is 4. The third-order valence-electron chi connectivity index (χ3n) is 2.43. The van der Waals surface area contributed by atoms with Gasteiger partial charge in [-0.15, -0.1) is 0 Å². The Bertz CT molecular complexity index is 467. The molecule has 0 amide bonds. The van der Waals surface area contributed by atoms with Gasteiger partial charge < -0.3 is 15.2 Å². The molecule has 6 heteroatoms. The van der Waals surface area contributed by atoms with Gasteiger partial charge in [-0.3, -0.25) is 0 Å². The van der Waals surface area contributed by atoms with Crippen LogP contribution in [0.4, 0.5) is 11.8 Å². The van der Waals surface area contributed by atoms with Crippen LogP contribution in [-0.2, 0) is 6.54 Å². The maximum absolute atomic E-state index is 4.37. The highest BCUT2D eigenvalue weighted by atomic mass is 15.2. The van der Waals surface area contributed by atoms with Crippen molar-refractivity contribution >= 4 is 11.8 Å². The first kappa shape index (κ1) is 12.3. The molecule has 0 saturated carbocycles. The largest absolute Gasteiger partial charge is 0.366 e.